The first-order valence-electron chi connectivity index (χ1n) is 10.4. The smallest absolute Gasteiger partial charge is 0.238 e. The number of benzene rings is 1. The third-order valence-corrected chi connectivity index (χ3v) is 9.02. The number of thiophene rings is 1. The van der Waals surface area contributed by atoms with Crippen LogP contribution in [0.3, 0.4) is 0 Å². The molecule has 0 aliphatic rings. The van der Waals surface area contributed by atoms with Gasteiger partial charge in [-0.2, -0.15) is 5.26 Å². The Hall–Kier alpha value is -2.94. The molecule has 1 aromatic carbocycles. The fourth-order valence-electron chi connectivity index (χ4n) is 3.10. The second-order valence-electron chi connectivity index (χ2n) is 7.72. The molecular formula is C23H25N5O3S3. The van der Waals surface area contributed by atoms with Crippen LogP contribution in [0.5, 0.6) is 0 Å². The highest BCUT2D eigenvalue weighted by atomic mass is 32.2. The number of carbonyl (C=O) groups is 1. The largest absolute Gasteiger partial charge is 0.316 e. The van der Waals surface area contributed by atoms with Crippen LogP contribution in [0, 0.1) is 32.1 Å². The summed E-state index contributed by atoms with van der Waals surface area (Å²) in [4.78, 5) is 14.0. The molecule has 0 saturated heterocycles. The Morgan fingerprint density at radius 2 is 1.97 bits per heavy atom. The molecule has 0 aliphatic carbocycles. The minimum atomic E-state index is -3.63. The molecule has 2 heterocycles. The molecule has 0 fully saturated rings. The highest BCUT2D eigenvalue weighted by Crippen LogP contribution is 2.33. The second kappa shape index (κ2) is 10.5. The molecule has 0 radical (unpaired) electrons. The summed E-state index contributed by atoms with van der Waals surface area (Å²) in [6.07, 6.45) is 1.62. The van der Waals surface area contributed by atoms with Crippen molar-refractivity contribution in [1.29, 1.82) is 5.26 Å². The Morgan fingerprint density at radius 3 is 2.59 bits per heavy atom. The van der Waals surface area contributed by atoms with Crippen LogP contribution in [0.2, 0.25) is 0 Å². The van der Waals surface area contributed by atoms with Crippen LogP contribution in [0.4, 0.5) is 5.00 Å². The van der Waals surface area contributed by atoms with Crippen molar-refractivity contribution in [2.45, 2.75) is 55.3 Å². The van der Waals surface area contributed by atoms with E-state index in [9.17, 15) is 18.5 Å². The van der Waals surface area contributed by atoms with E-state index in [1.807, 2.05) is 20.8 Å². The fraction of sp³-hybridized carbons (Fsp3) is 0.304. The van der Waals surface area contributed by atoms with Crippen molar-refractivity contribution in [2.24, 2.45) is 0 Å². The summed E-state index contributed by atoms with van der Waals surface area (Å²) in [5.74, 6) is -0.339. The molecule has 0 spiro atoms. The average Bonchev–Trinajstić information content (AvgIpc) is 3.27. The number of aromatic nitrogens is 3. The Morgan fingerprint density at radius 1 is 1.29 bits per heavy atom. The number of amides is 1. The Balaban J connectivity index is 1.79. The number of carbonyl (C=O) groups excluding carboxylic acids is 1. The maximum Gasteiger partial charge on any atom is 0.238 e. The summed E-state index contributed by atoms with van der Waals surface area (Å²) in [7, 11) is -3.63. The molecule has 3 rings (SSSR count). The minimum Gasteiger partial charge on any atom is -0.316 e. The predicted octanol–water partition coefficient (Wildman–Crippen LogP) is 4.42. The number of hydrogen-bond acceptors (Lipinski definition) is 8. The average molecular weight is 516 g/mol. The van der Waals surface area contributed by atoms with E-state index in [1.54, 1.807) is 41.8 Å². The van der Waals surface area contributed by atoms with Gasteiger partial charge < -0.3 is 9.88 Å². The number of thioether (sulfide) groups is 1. The van der Waals surface area contributed by atoms with Gasteiger partial charge in [0.1, 0.15) is 22.6 Å². The lowest BCUT2D eigenvalue weighted by molar-refractivity contribution is -0.115. The normalized spacial score (nSPS) is 12.2. The van der Waals surface area contributed by atoms with E-state index in [-0.39, 0.29) is 22.4 Å². The first-order chi connectivity index (χ1) is 16.1. The first-order valence-corrected chi connectivity index (χ1v) is 13.7. The van der Waals surface area contributed by atoms with Crippen LogP contribution in [0.25, 0.3) is 0 Å². The van der Waals surface area contributed by atoms with E-state index >= 15 is 0 Å². The highest BCUT2D eigenvalue weighted by molar-refractivity contribution is 8.00. The quantitative estimate of drug-likeness (QED) is 0.331. The summed E-state index contributed by atoms with van der Waals surface area (Å²) in [5.41, 5.74) is 2.29. The molecule has 1 unspecified atom stereocenters. The highest BCUT2D eigenvalue weighted by Gasteiger charge is 2.25. The maximum absolute atomic E-state index is 12.9. The van der Waals surface area contributed by atoms with Crippen molar-refractivity contribution in [1.82, 2.24) is 14.8 Å². The standard InChI is InChI=1S/C23H25N5O3S3/c1-6-11-28-20(13-34(30,31)18-9-7-14(2)8-10-18)26-27-23(28)33-17(5)21(29)25-22-19(12-24)15(3)16(4)32-22/h6-10,17H,1,11,13H2,2-5H3,(H,25,29). The molecule has 2 aromatic heterocycles. The van der Waals surface area contributed by atoms with Crippen LogP contribution >= 0.6 is 23.1 Å². The molecule has 1 amide bonds. The lowest BCUT2D eigenvalue weighted by atomic mass is 10.2. The summed E-state index contributed by atoms with van der Waals surface area (Å²) in [6, 6.07) is 8.78. The van der Waals surface area contributed by atoms with Gasteiger partial charge in [-0.1, -0.05) is 35.5 Å². The Kier molecular flexibility index (Phi) is 7.97. The zero-order valence-corrected chi connectivity index (χ0v) is 21.8. The van der Waals surface area contributed by atoms with Crippen LogP contribution < -0.4 is 5.32 Å². The van der Waals surface area contributed by atoms with Gasteiger partial charge in [0.25, 0.3) is 0 Å². The van der Waals surface area contributed by atoms with Crippen LogP contribution in [-0.4, -0.2) is 34.3 Å². The van der Waals surface area contributed by atoms with E-state index in [0.29, 0.717) is 22.3 Å². The predicted molar refractivity (Wildman–Crippen MR) is 135 cm³/mol. The number of aryl methyl sites for hydroxylation is 2. The van der Waals surface area contributed by atoms with Gasteiger partial charge >= 0.3 is 0 Å². The van der Waals surface area contributed by atoms with E-state index in [4.69, 9.17) is 0 Å². The molecule has 0 saturated carbocycles. The number of anilines is 1. The molecule has 178 valence electrons. The van der Waals surface area contributed by atoms with Crippen molar-refractivity contribution >= 4 is 43.8 Å². The van der Waals surface area contributed by atoms with Crippen LogP contribution in [0.15, 0.2) is 47.0 Å². The zero-order chi connectivity index (χ0) is 25.0. The van der Waals surface area contributed by atoms with Gasteiger partial charge in [0.15, 0.2) is 15.0 Å². The summed E-state index contributed by atoms with van der Waals surface area (Å²) in [5, 5.41) is 20.8. The SMILES string of the molecule is C=CCn1c(CS(=O)(=O)c2ccc(C)cc2)nnc1SC(C)C(=O)Nc1sc(C)c(C)c1C#N. The third kappa shape index (κ3) is 5.58. The Bertz CT molecular complexity index is 1370. The number of nitriles is 1. The second-order valence-corrected chi connectivity index (χ2v) is 12.2. The van der Waals surface area contributed by atoms with Crippen LogP contribution in [-0.2, 0) is 26.9 Å². The lowest BCUT2D eigenvalue weighted by Crippen LogP contribution is -2.23. The van der Waals surface area contributed by atoms with Crippen molar-refractivity contribution in [3.05, 3.63) is 64.3 Å². The molecule has 34 heavy (non-hydrogen) atoms. The maximum atomic E-state index is 12.9. The number of allylic oxidation sites excluding steroid dienone is 1. The number of rotatable bonds is 9. The summed E-state index contributed by atoms with van der Waals surface area (Å²) in [6.45, 7) is 11.4. The number of nitrogens with one attached hydrogen (secondary N) is 1. The van der Waals surface area contributed by atoms with Crippen molar-refractivity contribution in [2.75, 3.05) is 5.32 Å². The van der Waals surface area contributed by atoms with Gasteiger partial charge in [0.2, 0.25) is 5.91 Å². The van der Waals surface area contributed by atoms with Gasteiger partial charge in [-0.15, -0.1) is 28.1 Å². The molecular weight excluding hydrogens is 490 g/mol. The fourth-order valence-corrected chi connectivity index (χ4v) is 6.26. The van der Waals surface area contributed by atoms with Gasteiger partial charge in [0.05, 0.1) is 15.7 Å². The third-order valence-electron chi connectivity index (χ3n) is 5.19. The zero-order valence-electron chi connectivity index (χ0n) is 19.3. The lowest BCUT2D eigenvalue weighted by Gasteiger charge is -2.12. The molecule has 3 aromatic rings. The van der Waals surface area contributed by atoms with Gasteiger partial charge in [-0.3, -0.25) is 4.79 Å². The van der Waals surface area contributed by atoms with E-state index < -0.39 is 15.1 Å². The van der Waals surface area contributed by atoms with E-state index in [0.717, 1.165) is 27.8 Å². The molecule has 0 aliphatic heterocycles. The number of sulfone groups is 1. The topological polar surface area (TPSA) is 118 Å². The van der Waals surface area contributed by atoms with E-state index in [1.165, 1.54) is 11.3 Å². The minimum absolute atomic E-state index is 0.211. The summed E-state index contributed by atoms with van der Waals surface area (Å²) >= 11 is 2.52. The molecule has 0 bridgehead atoms. The van der Waals surface area contributed by atoms with Crippen molar-refractivity contribution in [3.63, 3.8) is 0 Å². The van der Waals surface area contributed by atoms with Gasteiger partial charge in [0, 0.05) is 11.4 Å². The van der Waals surface area contributed by atoms with Crippen LogP contribution in [0.1, 0.15) is 34.3 Å². The Labute approximate surface area is 207 Å². The summed E-state index contributed by atoms with van der Waals surface area (Å²) < 4.78 is 27.4. The molecule has 1 atom stereocenters. The van der Waals surface area contributed by atoms with Gasteiger partial charge in [-0.25, -0.2) is 8.42 Å². The van der Waals surface area contributed by atoms with Gasteiger partial charge in [-0.05, 0) is 45.4 Å². The molecule has 11 heteroatoms. The first kappa shape index (κ1) is 25.7. The van der Waals surface area contributed by atoms with Crippen molar-refractivity contribution in [3.8, 4) is 6.07 Å². The number of nitrogens with zero attached hydrogens (tertiary/aromatic N) is 4. The van der Waals surface area contributed by atoms with Crippen molar-refractivity contribution < 1.29 is 13.2 Å². The number of hydrogen-bond donors (Lipinski definition) is 1. The monoisotopic (exact) mass is 515 g/mol. The van der Waals surface area contributed by atoms with E-state index in [2.05, 4.69) is 28.2 Å². The molecule has 1 N–H and O–H groups in total. The molecule has 8 nitrogen and oxygen atoms in total.